The second-order valence-corrected chi connectivity index (χ2v) is 22.1. The van der Waals surface area contributed by atoms with Gasteiger partial charge in [-0.3, -0.25) is 0 Å². The van der Waals surface area contributed by atoms with Crippen molar-refractivity contribution in [1.82, 2.24) is 0 Å². The van der Waals surface area contributed by atoms with Crippen LogP contribution in [0, 0.1) is 0 Å². The minimum absolute atomic E-state index is 0. The van der Waals surface area contributed by atoms with Crippen LogP contribution in [0.1, 0.15) is 233 Å². The van der Waals surface area contributed by atoms with E-state index >= 15 is 0 Å². The van der Waals surface area contributed by atoms with Crippen LogP contribution >= 0.6 is 0 Å². The molecule has 0 aliphatic heterocycles. The minimum atomic E-state index is 0. The van der Waals surface area contributed by atoms with E-state index in [1.807, 2.05) is 14.1 Å². The van der Waals surface area contributed by atoms with Crippen molar-refractivity contribution in [2.24, 2.45) is 0 Å². The van der Waals surface area contributed by atoms with Gasteiger partial charge in [-0.2, -0.15) is 99.7 Å². The van der Waals surface area contributed by atoms with Crippen LogP contribution in [0.5, 0.6) is 0 Å². The van der Waals surface area contributed by atoms with E-state index in [1.54, 1.807) is 0 Å². The largest absolute Gasteiger partial charge is 2.00 e. The summed E-state index contributed by atoms with van der Waals surface area (Å²) in [4.78, 5) is 0. The van der Waals surface area contributed by atoms with Gasteiger partial charge in [-0.05, 0) is 0 Å². The van der Waals surface area contributed by atoms with Crippen LogP contribution in [0.4, 0.5) is 0 Å². The quantitative estimate of drug-likeness (QED) is 0.0625. The third-order valence-corrected chi connectivity index (χ3v) is 11.6. The van der Waals surface area contributed by atoms with E-state index in [4.69, 9.17) is 10.6 Å². The van der Waals surface area contributed by atoms with Gasteiger partial charge in [-0.25, -0.2) is 0 Å². The Bertz CT molecular complexity index is 985. The molecule has 0 aromatic carbocycles. The Kier molecular flexibility index (Phi) is 93.8. The molecular weight excluding hydrogens is 1190 g/mol. The number of hydrogen-bond acceptors (Lipinski definition) is 0. The van der Waals surface area contributed by atoms with E-state index < -0.39 is 0 Å². The fourth-order valence-electron chi connectivity index (χ4n) is 6.17. The van der Waals surface area contributed by atoms with Crippen molar-refractivity contribution in [1.29, 1.82) is 0 Å². The first-order valence-corrected chi connectivity index (χ1v) is 28.2. The molecule has 0 bridgehead atoms. The summed E-state index contributed by atoms with van der Waals surface area (Å²) in [7, 11) is 3.65. The van der Waals surface area contributed by atoms with Gasteiger partial charge < -0.3 is 63.8 Å². The topological polar surface area (TPSA) is 169 Å². The van der Waals surface area contributed by atoms with E-state index in [2.05, 4.69) is 261 Å². The Morgan fingerprint density at radius 3 is 0.684 bits per heavy atom. The van der Waals surface area contributed by atoms with Crippen LogP contribution in [0.15, 0.2) is 0 Å². The van der Waals surface area contributed by atoms with Gasteiger partial charge in [0.15, 0.2) is 0 Å². The summed E-state index contributed by atoms with van der Waals surface area (Å²) in [6, 6.07) is 6.15. The fourth-order valence-corrected chi connectivity index (χ4v) is 6.17. The summed E-state index contributed by atoms with van der Waals surface area (Å²) in [5.74, 6) is 0. The van der Waals surface area contributed by atoms with Crippen molar-refractivity contribution < 1.29 is 102 Å². The molecule has 0 fully saturated rings. The molecule has 12 nitrogen and oxygen atoms in total. The molecule has 6 radical (unpaired) electrons. The van der Waals surface area contributed by atoms with Crippen molar-refractivity contribution in [3.63, 3.8) is 0 Å². The molecule has 0 saturated carbocycles. The fraction of sp³-hybridized carbons (Fsp3) is 1.00. The molecule has 0 aliphatic rings. The Morgan fingerprint density at radius 1 is 0.289 bits per heavy atom. The molecule has 0 heterocycles. The molecular formula is C58H128Mn6N12. The molecule has 14 atom stereocenters. The van der Waals surface area contributed by atoms with Crippen molar-refractivity contribution in [3.8, 4) is 0 Å². The van der Waals surface area contributed by atoms with Crippen LogP contribution in [0.2, 0.25) is 0 Å². The molecule has 0 rings (SSSR count). The van der Waals surface area contributed by atoms with Crippen LogP contribution in [-0.2, 0) is 102 Å². The minimum Gasteiger partial charge on any atom is -0.664 e. The van der Waals surface area contributed by atoms with Gasteiger partial charge in [0.2, 0.25) is 0 Å². The maximum Gasteiger partial charge on any atom is 2.00 e. The van der Waals surface area contributed by atoms with Gasteiger partial charge in [0.1, 0.15) is 0 Å². The van der Waals surface area contributed by atoms with Crippen LogP contribution < -0.4 is 0 Å². The second kappa shape index (κ2) is 66.8. The van der Waals surface area contributed by atoms with E-state index in [0.29, 0.717) is 96.7 Å². The molecule has 14 unspecified atom stereocenters. The van der Waals surface area contributed by atoms with E-state index in [9.17, 15) is 0 Å². The third kappa shape index (κ3) is 78.7. The zero-order valence-electron chi connectivity index (χ0n) is 55.5. The predicted octanol–water partition coefficient (Wildman–Crippen LogP) is 19.2. The summed E-state index contributed by atoms with van der Waals surface area (Å²) < 4.78 is 0. The second-order valence-electron chi connectivity index (χ2n) is 22.1. The summed E-state index contributed by atoms with van der Waals surface area (Å²) in [6.07, 6.45) is 4.54. The Hall–Kier alpha value is 2.64. The third-order valence-electron chi connectivity index (χ3n) is 11.6. The number of nitrogens with zero attached hydrogens (tertiary/aromatic N) is 12. The summed E-state index contributed by atoms with van der Waals surface area (Å²) in [5.41, 5.74) is 0.0855. The van der Waals surface area contributed by atoms with Crippen molar-refractivity contribution >= 4 is 0 Å². The first kappa shape index (κ1) is 107. The number of rotatable bonds is 30. The van der Waals surface area contributed by atoms with Gasteiger partial charge in [0, 0.05) is 0 Å². The van der Waals surface area contributed by atoms with E-state index in [0.717, 1.165) is 51.9 Å². The smallest absolute Gasteiger partial charge is 0.664 e. The molecule has 0 aliphatic carbocycles. The zero-order valence-corrected chi connectivity index (χ0v) is 62.6. The number of likely N-dealkylation sites (N-methyl/N-ethyl adjacent to an activating group) is 4. The average molecular weight is 1320 g/mol. The molecule has 0 N–H and O–H groups in total. The monoisotopic (exact) mass is 1320 g/mol. The van der Waals surface area contributed by atoms with Gasteiger partial charge in [-0.1, -0.05) is 233 Å². The van der Waals surface area contributed by atoms with E-state index in [-0.39, 0.29) is 113 Å². The summed E-state index contributed by atoms with van der Waals surface area (Å²) in [6.45, 7) is 67.7. The molecule has 0 aromatic heterocycles. The van der Waals surface area contributed by atoms with Crippen LogP contribution in [-0.4, -0.2) is 148 Å². The molecule has 18 heteroatoms. The Morgan fingerprint density at radius 2 is 0.513 bits per heavy atom. The van der Waals surface area contributed by atoms with Crippen LogP contribution in [0.25, 0.3) is 63.8 Å². The van der Waals surface area contributed by atoms with Crippen molar-refractivity contribution in [2.45, 2.75) is 341 Å². The van der Waals surface area contributed by atoms with Crippen molar-refractivity contribution in [2.75, 3.05) is 40.3 Å². The molecule has 0 amide bonds. The molecule has 76 heavy (non-hydrogen) atoms. The first-order chi connectivity index (χ1) is 32.1. The zero-order chi connectivity index (χ0) is 56.4. The molecule has 0 spiro atoms. The first-order valence-electron chi connectivity index (χ1n) is 28.2. The summed E-state index contributed by atoms with van der Waals surface area (Å²) >= 11 is 0. The maximum absolute atomic E-state index is 4.70. The normalized spacial score (nSPS) is 16.3. The van der Waals surface area contributed by atoms with Gasteiger partial charge in [0.25, 0.3) is 0 Å². The SMILES string of the molecule is CC(C)[N-]C(C)C(C)[N-]C(C)C.CC([N-]C(C)(C)C)C(C)[N-]C(C)(C)C.CCC(C)[N-]C(C)C(C)[N-]C(C)CC.CCC[N-]C(C)C(C)[N-]CCC.CC[N-]C(C)C(C)[N-]CC.C[N-]C(C)C(C)[N-]C.[Mn+2].[Mn+2].[Mn+2].[Mn+2].[Mn+2].[Mn+2]. The summed E-state index contributed by atoms with van der Waals surface area (Å²) in [5, 5.41) is 53.7. The maximum atomic E-state index is 4.70. The van der Waals surface area contributed by atoms with Gasteiger partial charge in [-0.15, -0.1) is 48.3 Å². The van der Waals surface area contributed by atoms with Crippen LogP contribution in [0.3, 0.4) is 0 Å². The molecule has 462 valence electrons. The average Bonchev–Trinajstić information content (AvgIpc) is 3.26. The molecule has 0 saturated heterocycles. The standard InChI is InChI=1S/2C12H26N2.2C10H22N2.C8H18N2.C6H14N2.6Mn/c1-9(13-11(3,4)5)10(2)14-12(6,7)8;1-7-9(3)13-11(5)12(6)14-10(4)8-2;1-7(2)11-9(5)10(6)12-8(3)4;1-5-7-11-9(3)10(4)12-8-6-2;1-5-9-7(3)8(4)10-6-2;1-5(7-3)6(2)8-4;;;;;;/h9-10H,1-8H3;9-12H,7-8H2,1-6H3;7-10H,1-6H3;9-10H,5-8H2,1-4H3;7-8H,5-6H2,1-4H3;5-6H,1-4H3;;;;;;/q6*-2;6*+2. The van der Waals surface area contributed by atoms with E-state index in [1.165, 1.54) is 0 Å². The molecule has 0 aromatic rings. The Balaban J connectivity index is -0.0000000642. The number of hydrogen-bond donors (Lipinski definition) is 0. The Labute approximate surface area is 543 Å². The van der Waals surface area contributed by atoms with Gasteiger partial charge in [0.05, 0.1) is 0 Å². The van der Waals surface area contributed by atoms with Gasteiger partial charge >= 0.3 is 102 Å². The van der Waals surface area contributed by atoms with Crippen molar-refractivity contribution in [3.05, 3.63) is 63.8 Å². The predicted molar refractivity (Wildman–Crippen MR) is 326 cm³/mol.